The predicted octanol–water partition coefficient (Wildman–Crippen LogP) is 3.84. The molecule has 22 heavy (non-hydrogen) atoms. The molecule has 1 fully saturated rings. The van der Waals surface area contributed by atoms with Crippen LogP contribution in [0.3, 0.4) is 0 Å². The summed E-state index contributed by atoms with van der Waals surface area (Å²) in [5, 5.41) is 0. The monoisotopic (exact) mass is 300 g/mol. The Labute approximate surface area is 132 Å². The quantitative estimate of drug-likeness (QED) is 0.626. The first-order valence-electron chi connectivity index (χ1n) is 8.13. The third-order valence-corrected chi connectivity index (χ3v) is 4.93. The SMILES string of the molecule is Cc1ccc(CC(C)C2=CCC3(CC2)OCCO3)cc1C=O. The van der Waals surface area contributed by atoms with Crippen molar-refractivity contribution in [2.75, 3.05) is 13.2 Å². The molecule has 3 nitrogen and oxygen atoms in total. The summed E-state index contributed by atoms with van der Waals surface area (Å²) >= 11 is 0. The van der Waals surface area contributed by atoms with Gasteiger partial charge in [-0.1, -0.05) is 30.7 Å². The van der Waals surface area contributed by atoms with Crippen molar-refractivity contribution in [2.45, 2.75) is 45.3 Å². The highest BCUT2D eigenvalue weighted by Gasteiger charge is 2.38. The van der Waals surface area contributed by atoms with Crippen molar-refractivity contribution in [3.8, 4) is 0 Å². The standard InChI is InChI=1S/C19H24O3/c1-14-3-4-16(12-18(14)13-20)11-15(2)17-5-7-19(8-6-17)21-9-10-22-19/h3-5,12-13,15H,6-11H2,1-2H3. The van der Waals surface area contributed by atoms with Crippen LogP contribution in [0.25, 0.3) is 0 Å². The first-order chi connectivity index (χ1) is 10.6. The van der Waals surface area contributed by atoms with Gasteiger partial charge in [0.15, 0.2) is 5.79 Å². The first kappa shape index (κ1) is 15.4. The Morgan fingerprint density at radius 1 is 1.32 bits per heavy atom. The molecule has 1 heterocycles. The second-order valence-corrected chi connectivity index (χ2v) is 6.50. The molecule has 1 saturated heterocycles. The van der Waals surface area contributed by atoms with E-state index in [1.54, 1.807) is 0 Å². The van der Waals surface area contributed by atoms with Gasteiger partial charge in [0.2, 0.25) is 0 Å². The zero-order valence-corrected chi connectivity index (χ0v) is 13.4. The summed E-state index contributed by atoms with van der Waals surface area (Å²) in [6.45, 7) is 5.68. The van der Waals surface area contributed by atoms with Gasteiger partial charge < -0.3 is 9.47 Å². The van der Waals surface area contributed by atoms with Gasteiger partial charge in [0, 0.05) is 18.4 Å². The van der Waals surface area contributed by atoms with Crippen LogP contribution in [-0.2, 0) is 15.9 Å². The fourth-order valence-electron chi connectivity index (χ4n) is 3.46. The average Bonchev–Trinajstić information content (AvgIpc) is 2.98. The smallest absolute Gasteiger partial charge is 0.172 e. The number of hydrogen-bond donors (Lipinski definition) is 0. The van der Waals surface area contributed by atoms with Gasteiger partial charge in [0.05, 0.1) is 13.2 Å². The van der Waals surface area contributed by atoms with E-state index < -0.39 is 0 Å². The number of aryl methyl sites for hydroxylation is 1. The van der Waals surface area contributed by atoms with Gasteiger partial charge in [-0.25, -0.2) is 0 Å². The second-order valence-electron chi connectivity index (χ2n) is 6.50. The van der Waals surface area contributed by atoms with Crippen molar-refractivity contribution in [1.82, 2.24) is 0 Å². The fraction of sp³-hybridized carbons (Fsp3) is 0.526. The Hall–Kier alpha value is -1.45. The molecule has 1 aromatic rings. The van der Waals surface area contributed by atoms with E-state index in [4.69, 9.17) is 9.47 Å². The van der Waals surface area contributed by atoms with E-state index in [0.29, 0.717) is 5.92 Å². The van der Waals surface area contributed by atoms with Crippen molar-refractivity contribution in [2.24, 2.45) is 5.92 Å². The van der Waals surface area contributed by atoms with E-state index in [1.165, 1.54) is 11.1 Å². The molecule has 1 aromatic carbocycles. The largest absolute Gasteiger partial charge is 0.347 e. The van der Waals surface area contributed by atoms with Crippen molar-refractivity contribution in [3.05, 3.63) is 46.5 Å². The molecular weight excluding hydrogens is 276 g/mol. The molecular formula is C19H24O3. The van der Waals surface area contributed by atoms with Crippen LogP contribution in [0.1, 0.15) is 47.7 Å². The lowest BCUT2D eigenvalue weighted by Crippen LogP contribution is -2.32. The molecule has 0 saturated carbocycles. The summed E-state index contributed by atoms with van der Waals surface area (Å²) in [6.07, 6.45) is 7.07. The van der Waals surface area contributed by atoms with Crippen molar-refractivity contribution in [1.29, 1.82) is 0 Å². The van der Waals surface area contributed by atoms with Gasteiger partial charge in [-0.05, 0) is 42.9 Å². The topological polar surface area (TPSA) is 35.5 Å². The number of hydrogen-bond acceptors (Lipinski definition) is 3. The van der Waals surface area contributed by atoms with Crippen molar-refractivity contribution < 1.29 is 14.3 Å². The number of allylic oxidation sites excluding steroid dienone is 1. The minimum atomic E-state index is -0.336. The van der Waals surface area contributed by atoms with Crippen LogP contribution >= 0.6 is 0 Å². The summed E-state index contributed by atoms with van der Waals surface area (Å²) in [6, 6.07) is 6.19. The molecule has 2 aliphatic rings. The summed E-state index contributed by atoms with van der Waals surface area (Å²) in [5.74, 6) is 0.151. The zero-order chi connectivity index (χ0) is 15.6. The normalized spacial score (nSPS) is 21.6. The molecule has 0 N–H and O–H groups in total. The van der Waals surface area contributed by atoms with E-state index in [2.05, 4.69) is 19.1 Å². The highest BCUT2D eigenvalue weighted by Crippen LogP contribution is 2.37. The summed E-state index contributed by atoms with van der Waals surface area (Å²) in [7, 11) is 0. The van der Waals surface area contributed by atoms with Crippen LogP contribution in [0, 0.1) is 12.8 Å². The maximum absolute atomic E-state index is 11.1. The van der Waals surface area contributed by atoms with Gasteiger partial charge in [0.25, 0.3) is 0 Å². The Morgan fingerprint density at radius 3 is 2.73 bits per heavy atom. The van der Waals surface area contributed by atoms with Crippen molar-refractivity contribution in [3.63, 3.8) is 0 Å². The molecule has 1 unspecified atom stereocenters. The Kier molecular flexibility index (Phi) is 4.46. The number of aldehydes is 1. The number of carbonyl (C=O) groups excluding carboxylic acids is 1. The number of rotatable bonds is 4. The predicted molar refractivity (Wildman–Crippen MR) is 86.0 cm³/mol. The molecule has 3 heteroatoms. The molecule has 118 valence electrons. The van der Waals surface area contributed by atoms with E-state index in [1.807, 2.05) is 19.1 Å². The third-order valence-electron chi connectivity index (χ3n) is 4.93. The lowest BCUT2D eigenvalue weighted by molar-refractivity contribution is -0.161. The van der Waals surface area contributed by atoms with E-state index in [0.717, 1.165) is 56.3 Å². The van der Waals surface area contributed by atoms with E-state index in [-0.39, 0.29) is 5.79 Å². The zero-order valence-electron chi connectivity index (χ0n) is 13.4. The highest BCUT2D eigenvalue weighted by atomic mass is 16.7. The molecule has 1 aliphatic heterocycles. The molecule has 1 atom stereocenters. The second kappa shape index (κ2) is 6.35. The fourth-order valence-corrected chi connectivity index (χ4v) is 3.46. The minimum absolute atomic E-state index is 0.336. The van der Waals surface area contributed by atoms with Crippen molar-refractivity contribution >= 4 is 6.29 Å². The maximum atomic E-state index is 11.1. The van der Waals surface area contributed by atoms with Gasteiger partial charge in [-0.15, -0.1) is 0 Å². The van der Waals surface area contributed by atoms with Crippen LogP contribution in [0.4, 0.5) is 0 Å². The maximum Gasteiger partial charge on any atom is 0.172 e. The number of ether oxygens (including phenoxy) is 2. The minimum Gasteiger partial charge on any atom is -0.347 e. The van der Waals surface area contributed by atoms with Crippen LogP contribution < -0.4 is 0 Å². The van der Waals surface area contributed by atoms with Gasteiger partial charge in [-0.2, -0.15) is 0 Å². The lowest BCUT2D eigenvalue weighted by Gasteiger charge is -2.32. The summed E-state index contributed by atoms with van der Waals surface area (Å²) < 4.78 is 11.5. The summed E-state index contributed by atoms with van der Waals surface area (Å²) in [4.78, 5) is 11.1. The Morgan fingerprint density at radius 2 is 2.09 bits per heavy atom. The third kappa shape index (κ3) is 3.16. The molecule has 1 aliphatic carbocycles. The molecule has 0 aromatic heterocycles. The number of benzene rings is 1. The Balaban J connectivity index is 1.66. The first-order valence-corrected chi connectivity index (χ1v) is 8.13. The molecule has 0 amide bonds. The lowest BCUT2D eigenvalue weighted by atomic mass is 9.84. The van der Waals surface area contributed by atoms with Crippen LogP contribution in [-0.4, -0.2) is 25.3 Å². The van der Waals surface area contributed by atoms with Gasteiger partial charge in [-0.3, -0.25) is 4.79 Å². The number of carbonyl (C=O) groups is 1. The van der Waals surface area contributed by atoms with Gasteiger partial charge >= 0.3 is 0 Å². The highest BCUT2D eigenvalue weighted by molar-refractivity contribution is 5.77. The molecule has 1 spiro atoms. The molecule has 0 bridgehead atoms. The molecule has 3 rings (SSSR count). The van der Waals surface area contributed by atoms with Gasteiger partial charge in [0.1, 0.15) is 6.29 Å². The molecule has 0 radical (unpaired) electrons. The van der Waals surface area contributed by atoms with E-state index in [9.17, 15) is 4.79 Å². The van der Waals surface area contributed by atoms with E-state index >= 15 is 0 Å². The summed E-state index contributed by atoms with van der Waals surface area (Å²) in [5.41, 5.74) is 4.56. The van der Waals surface area contributed by atoms with Crippen LogP contribution in [0.2, 0.25) is 0 Å². The Bertz CT molecular complexity index is 582. The van der Waals surface area contributed by atoms with Crippen LogP contribution in [0.15, 0.2) is 29.8 Å². The average molecular weight is 300 g/mol. The van der Waals surface area contributed by atoms with Crippen LogP contribution in [0.5, 0.6) is 0 Å².